The molecule has 0 spiro atoms. The predicted molar refractivity (Wildman–Crippen MR) is 91.3 cm³/mol. The number of ether oxygens (including phenoxy) is 2. The maximum atomic E-state index is 12.1. The second-order valence-corrected chi connectivity index (χ2v) is 7.38. The molecular formula is C18H34N2O3. The molecular weight excluding hydrogens is 292 g/mol. The largest absolute Gasteiger partial charge is 0.450 e. The molecule has 1 saturated heterocycles. The van der Waals surface area contributed by atoms with Crippen molar-refractivity contribution in [3.05, 3.63) is 0 Å². The van der Waals surface area contributed by atoms with Crippen LogP contribution in [-0.4, -0.2) is 48.9 Å². The van der Waals surface area contributed by atoms with Crippen LogP contribution in [0.5, 0.6) is 0 Å². The van der Waals surface area contributed by atoms with Crippen molar-refractivity contribution in [2.24, 2.45) is 17.6 Å². The van der Waals surface area contributed by atoms with Gasteiger partial charge in [-0.05, 0) is 57.3 Å². The molecule has 2 N–H and O–H groups in total. The van der Waals surface area contributed by atoms with E-state index < -0.39 is 0 Å². The lowest BCUT2D eigenvalue weighted by Crippen LogP contribution is -2.56. The Kier molecular flexibility index (Phi) is 7.15. The van der Waals surface area contributed by atoms with Gasteiger partial charge in [0, 0.05) is 12.6 Å². The van der Waals surface area contributed by atoms with Crippen molar-refractivity contribution in [1.29, 1.82) is 0 Å². The van der Waals surface area contributed by atoms with Crippen molar-refractivity contribution in [1.82, 2.24) is 4.90 Å². The van der Waals surface area contributed by atoms with Crippen molar-refractivity contribution < 1.29 is 14.3 Å². The van der Waals surface area contributed by atoms with Gasteiger partial charge < -0.3 is 20.1 Å². The Bertz CT molecular complexity index is 367. The SMILES string of the molecule is CCOC(=O)N1CCC[C@H](N)[C@@H]1CO[C@H]1CC[C@@H](C(C)C)CC1. The highest BCUT2D eigenvalue weighted by Crippen LogP contribution is 2.31. The maximum absolute atomic E-state index is 12.1. The zero-order chi connectivity index (χ0) is 16.8. The quantitative estimate of drug-likeness (QED) is 0.843. The van der Waals surface area contributed by atoms with Crippen LogP contribution in [0.1, 0.15) is 59.3 Å². The molecule has 134 valence electrons. The molecule has 23 heavy (non-hydrogen) atoms. The van der Waals surface area contributed by atoms with E-state index in [-0.39, 0.29) is 18.2 Å². The number of carbonyl (C=O) groups excluding carboxylic acids is 1. The number of carbonyl (C=O) groups is 1. The summed E-state index contributed by atoms with van der Waals surface area (Å²) in [5, 5.41) is 0. The van der Waals surface area contributed by atoms with Crippen molar-refractivity contribution in [2.45, 2.75) is 77.5 Å². The van der Waals surface area contributed by atoms with Crippen LogP contribution in [0.4, 0.5) is 4.79 Å². The summed E-state index contributed by atoms with van der Waals surface area (Å²) in [5.74, 6) is 1.60. The van der Waals surface area contributed by atoms with E-state index in [4.69, 9.17) is 15.2 Å². The van der Waals surface area contributed by atoms with Gasteiger partial charge >= 0.3 is 6.09 Å². The van der Waals surface area contributed by atoms with Crippen LogP contribution in [0.25, 0.3) is 0 Å². The molecule has 0 aromatic carbocycles. The zero-order valence-corrected chi connectivity index (χ0v) is 15.0. The van der Waals surface area contributed by atoms with E-state index in [0.29, 0.717) is 19.3 Å². The van der Waals surface area contributed by atoms with Crippen LogP contribution in [0.3, 0.4) is 0 Å². The van der Waals surface area contributed by atoms with Crippen LogP contribution in [0, 0.1) is 11.8 Å². The van der Waals surface area contributed by atoms with Crippen molar-refractivity contribution >= 4 is 6.09 Å². The number of nitrogens with zero attached hydrogens (tertiary/aromatic N) is 1. The Morgan fingerprint density at radius 3 is 2.52 bits per heavy atom. The summed E-state index contributed by atoms with van der Waals surface area (Å²) in [6.45, 7) is 8.11. The summed E-state index contributed by atoms with van der Waals surface area (Å²) >= 11 is 0. The summed E-state index contributed by atoms with van der Waals surface area (Å²) in [4.78, 5) is 13.9. The normalized spacial score (nSPS) is 32.1. The lowest BCUT2D eigenvalue weighted by Gasteiger charge is -2.40. The smallest absolute Gasteiger partial charge is 0.410 e. The van der Waals surface area contributed by atoms with E-state index >= 15 is 0 Å². The highest BCUT2D eigenvalue weighted by Gasteiger charge is 2.34. The Morgan fingerprint density at radius 1 is 1.22 bits per heavy atom. The van der Waals surface area contributed by atoms with Crippen molar-refractivity contribution in [2.75, 3.05) is 19.8 Å². The first-order valence-electron chi connectivity index (χ1n) is 9.33. The van der Waals surface area contributed by atoms with Crippen LogP contribution >= 0.6 is 0 Å². The van der Waals surface area contributed by atoms with Crippen LogP contribution in [0.15, 0.2) is 0 Å². The first-order chi connectivity index (χ1) is 11.0. The molecule has 0 radical (unpaired) electrons. The number of rotatable bonds is 5. The van der Waals surface area contributed by atoms with Gasteiger partial charge in [0.1, 0.15) is 0 Å². The van der Waals surface area contributed by atoms with E-state index in [1.165, 1.54) is 12.8 Å². The van der Waals surface area contributed by atoms with Gasteiger partial charge in [0.05, 0.1) is 25.4 Å². The molecule has 1 aliphatic heterocycles. The molecule has 2 rings (SSSR count). The molecule has 0 aromatic heterocycles. The first kappa shape index (κ1) is 18.5. The van der Waals surface area contributed by atoms with Gasteiger partial charge in [-0.25, -0.2) is 4.79 Å². The van der Waals surface area contributed by atoms with E-state index in [9.17, 15) is 4.79 Å². The third-order valence-corrected chi connectivity index (χ3v) is 5.50. The Hall–Kier alpha value is -0.810. The minimum atomic E-state index is -0.250. The molecule has 1 aliphatic carbocycles. The number of nitrogens with two attached hydrogens (primary N) is 1. The van der Waals surface area contributed by atoms with E-state index in [0.717, 1.165) is 44.1 Å². The third kappa shape index (κ3) is 5.08. The third-order valence-electron chi connectivity index (χ3n) is 5.50. The molecule has 0 aromatic rings. The van der Waals surface area contributed by atoms with Crippen molar-refractivity contribution in [3.8, 4) is 0 Å². The fourth-order valence-electron chi connectivity index (χ4n) is 3.89. The lowest BCUT2D eigenvalue weighted by molar-refractivity contribution is -0.0302. The number of likely N-dealkylation sites (tertiary alicyclic amines) is 1. The highest BCUT2D eigenvalue weighted by molar-refractivity contribution is 5.68. The molecule has 2 fully saturated rings. The molecule has 1 heterocycles. The molecule has 1 amide bonds. The summed E-state index contributed by atoms with van der Waals surface area (Å²) in [6.07, 6.45) is 6.72. The zero-order valence-electron chi connectivity index (χ0n) is 15.0. The molecule has 5 heteroatoms. The van der Waals surface area contributed by atoms with E-state index in [1.807, 2.05) is 6.92 Å². The lowest BCUT2D eigenvalue weighted by atomic mass is 9.80. The molecule has 1 saturated carbocycles. The standard InChI is InChI=1S/C18H34N2O3/c1-4-22-18(21)20-11-5-6-16(19)17(20)12-23-15-9-7-14(8-10-15)13(2)3/h13-17H,4-12,19H2,1-3H3/t14-,15+,16-,17-/m0/s1. The van der Waals surface area contributed by atoms with Gasteiger partial charge in [-0.2, -0.15) is 0 Å². The highest BCUT2D eigenvalue weighted by atomic mass is 16.6. The molecule has 2 aliphatic rings. The van der Waals surface area contributed by atoms with E-state index in [1.54, 1.807) is 4.90 Å². The molecule has 5 nitrogen and oxygen atoms in total. The Labute approximate surface area is 140 Å². The number of hydrogen-bond acceptors (Lipinski definition) is 4. The minimum absolute atomic E-state index is 0.0137. The predicted octanol–water partition coefficient (Wildman–Crippen LogP) is 3.17. The van der Waals surface area contributed by atoms with Gasteiger partial charge in [-0.1, -0.05) is 13.8 Å². The van der Waals surface area contributed by atoms with Gasteiger partial charge in [0.25, 0.3) is 0 Å². The fraction of sp³-hybridized carbons (Fsp3) is 0.944. The average Bonchev–Trinajstić information content (AvgIpc) is 2.54. The van der Waals surface area contributed by atoms with Gasteiger partial charge in [-0.15, -0.1) is 0 Å². The Balaban J connectivity index is 1.83. The summed E-state index contributed by atoms with van der Waals surface area (Å²) in [6, 6.07) is -0.0641. The van der Waals surface area contributed by atoms with Crippen molar-refractivity contribution in [3.63, 3.8) is 0 Å². The fourth-order valence-corrected chi connectivity index (χ4v) is 3.89. The second-order valence-electron chi connectivity index (χ2n) is 7.38. The molecule has 0 bridgehead atoms. The summed E-state index contributed by atoms with van der Waals surface area (Å²) in [7, 11) is 0. The monoisotopic (exact) mass is 326 g/mol. The number of amides is 1. The van der Waals surface area contributed by atoms with Gasteiger partial charge in [-0.3, -0.25) is 0 Å². The molecule has 0 unspecified atom stereocenters. The van der Waals surface area contributed by atoms with Crippen LogP contribution < -0.4 is 5.73 Å². The molecule has 2 atom stereocenters. The van der Waals surface area contributed by atoms with Gasteiger partial charge in [0.15, 0.2) is 0 Å². The van der Waals surface area contributed by atoms with E-state index in [2.05, 4.69) is 13.8 Å². The number of piperidine rings is 1. The van der Waals surface area contributed by atoms with Crippen LogP contribution in [0.2, 0.25) is 0 Å². The summed E-state index contributed by atoms with van der Waals surface area (Å²) in [5.41, 5.74) is 6.25. The first-order valence-corrected chi connectivity index (χ1v) is 9.33. The summed E-state index contributed by atoms with van der Waals surface area (Å²) < 4.78 is 11.3. The minimum Gasteiger partial charge on any atom is -0.450 e. The second kappa shape index (κ2) is 8.88. The van der Waals surface area contributed by atoms with Crippen LogP contribution in [-0.2, 0) is 9.47 Å². The maximum Gasteiger partial charge on any atom is 0.410 e. The topological polar surface area (TPSA) is 64.8 Å². The number of hydrogen-bond donors (Lipinski definition) is 1. The average molecular weight is 326 g/mol. The van der Waals surface area contributed by atoms with Gasteiger partial charge in [0.2, 0.25) is 0 Å². The Morgan fingerprint density at radius 2 is 1.91 bits per heavy atom.